The first kappa shape index (κ1) is 21.5. The number of hydrogen-bond acceptors (Lipinski definition) is 5. The van der Waals surface area contributed by atoms with E-state index in [-0.39, 0.29) is 51.7 Å². The molecule has 1 aromatic carbocycles. The van der Waals surface area contributed by atoms with Crippen molar-refractivity contribution in [1.29, 1.82) is 0 Å². The Morgan fingerprint density at radius 3 is 2.93 bits per heavy atom. The molecule has 0 bridgehead atoms. The van der Waals surface area contributed by atoms with E-state index >= 15 is 0 Å². The molecule has 2 aromatic rings. The van der Waals surface area contributed by atoms with E-state index in [4.69, 9.17) is 15.7 Å². The molecule has 1 aromatic heterocycles. The van der Waals surface area contributed by atoms with Crippen LogP contribution in [0.2, 0.25) is 0 Å². The average Bonchev–Trinajstić information content (AvgIpc) is 3.34. The van der Waals surface area contributed by atoms with Gasteiger partial charge in [0.2, 0.25) is 10.0 Å². The van der Waals surface area contributed by atoms with E-state index in [0.29, 0.717) is 24.3 Å². The van der Waals surface area contributed by atoms with Crippen LogP contribution in [-0.2, 0) is 60.5 Å². The molecule has 9 heteroatoms. The second kappa shape index (κ2) is 8.64. The molecule has 0 saturated carbocycles. The number of aliphatic hydroxyl groups is 1. The van der Waals surface area contributed by atoms with Crippen molar-refractivity contribution in [3.05, 3.63) is 64.9 Å². The van der Waals surface area contributed by atoms with E-state index in [9.17, 15) is 13.5 Å². The topological polar surface area (TPSA) is 84.3 Å². The molecule has 28 heavy (non-hydrogen) atoms. The van der Waals surface area contributed by atoms with E-state index in [1.54, 1.807) is 24.3 Å². The molecule has 0 spiro atoms. The summed E-state index contributed by atoms with van der Waals surface area (Å²) in [7, 11) is -3.62. The molecule has 3 unspecified atom stereocenters. The monoisotopic (exact) mass is 476 g/mol. The van der Waals surface area contributed by atoms with Gasteiger partial charge < -0.3 is 19.1 Å². The predicted octanol–water partition coefficient (Wildman–Crippen LogP) is 2.08. The number of furan rings is 1. The molecule has 1 N–H and O–H groups in total. The average molecular weight is 476 g/mol. The Labute approximate surface area is 189 Å². The van der Waals surface area contributed by atoms with Crippen molar-refractivity contribution >= 4 is 15.7 Å². The normalized spacial score (nSPS) is 25.1. The van der Waals surface area contributed by atoms with Crippen LogP contribution in [0.15, 0.2) is 34.7 Å². The van der Waals surface area contributed by atoms with E-state index in [0.717, 1.165) is 11.1 Å². The van der Waals surface area contributed by atoms with Crippen LogP contribution in [0.4, 0.5) is 5.69 Å². The van der Waals surface area contributed by atoms with E-state index in [1.807, 2.05) is 6.07 Å². The Hall–Kier alpha value is -1.24. The van der Waals surface area contributed by atoms with Crippen LogP contribution in [0, 0.1) is 12.8 Å². The van der Waals surface area contributed by atoms with Gasteiger partial charge in [-0.25, -0.2) is 15.0 Å². The first-order valence-electron chi connectivity index (χ1n) is 8.71. The Morgan fingerprint density at radius 1 is 1.39 bits per heavy atom. The number of fused-ring (bicyclic) bond motifs is 1. The predicted molar refractivity (Wildman–Crippen MR) is 97.4 cm³/mol. The summed E-state index contributed by atoms with van der Waals surface area (Å²) in [5.74, 6) is 0.368. The van der Waals surface area contributed by atoms with Crippen molar-refractivity contribution in [3.63, 3.8) is 0 Å². The molecule has 1 fully saturated rings. The molecule has 1 radical (unpaired) electrons. The SMILES string of the molecule is [C-]#[N+]C1CS(=O)(=O)N(c2ccc3c(c2)CCC3O)C1COCc1cc[c-]o1.[Y]. The summed E-state index contributed by atoms with van der Waals surface area (Å²) >= 11 is 0. The molecule has 7 nitrogen and oxygen atoms in total. The van der Waals surface area contributed by atoms with Gasteiger partial charge in [-0.05, 0) is 48.1 Å². The number of rotatable bonds is 5. The summed E-state index contributed by atoms with van der Waals surface area (Å²) in [5, 5.41) is 9.98. The van der Waals surface area contributed by atoms with Gasteiger partial charge in [-0.15, -0.1) is 6.07 Å². The van der Waals surface area contributed by atoms with Gasteiger partial charge in [-0.3, -0.25) is 4.31 Å². The Kier molecular flexibility index (Phi) is 6.63. The summed E-state index contributed by atoms with van der Waals surface area (Å²) in [4.78, 5) is 3.52. The number of hydrogen-bond donors (Lipinski definition) is 1. The number of sulfonamides is 1. The molecular weight excluding hydrogens is 457 g/mol. The van der Waals surface area contributed by atoms with Crippen LogP contribution in [0.1, 0.15) is 29.4 Å². The van der Waals surface area contributed by atoms with Crippen molar-refractivity contribution in [2.75, 3.05) is 16.7 Å². The summed E-state index contributed by atoms with van der Waals surface area (Å²) in [6.07, 6.45) is 3.43. The van der Waals surface area contributed by atoms with Crippen LogP contribution in [0.3, 0.4) is 0 Å². The smallest absolute Gasteiger partial charge is 0.262 e. The first-order valence-corrected chi connectivity index (χ1v) is 10.3. The minimum Gasteiger partial charge on any atom is -0.593 e. The Bertz CT molecular complexity index is 971. The number of aryl methyl sites for hydroxylation is 1. The maximum atomic E-state index is 12.8. The van der Waals surface area contributed by atoms with Crippen LogP contribution >= 0.6 is 0 Å². The van der Waals surface area contributed by atoms with Crippen molar-refractivity contribution in [1.82, 2.24) is 0 Å². The van der Waals surface area contributed by atoms with Gasteiger partial charge in [0.1, 0.15) is 11.8 Å². The fourth-order valence-corrected chi connectivity index (χ4v) is 5.71. The second-order valence-corrected chi connectivity index (χ2v) is 8.70. The summed E-state index contributed by atoms with van der Waals surface area (Å²) < 4.78 is 37.6. The van der Waals surface area contributed by atoms with Gasteiger partial charge >= 0.3 is 0 Å². The van der Waals surface area contributed by atoms with Gasteiger partial charge in [0.05, 0.1) is 18.4 Å². The zero-order valence-electron chi connectivity index (χ0n) is 15.1. The van der Waals surface area contributed by atoms with Crippen molar-refractivity contribution in [3.8, 4) is 0 Å². The van der Waals surface area contributed by atoms with Crippen LogP contribution in [-0.4, -0.2) is 38.0 Å². The van der Waals surface area contributed by atoms with E-state index in [1.165, 1.54) is 4.31 Å². The maximum Gasteiger partial charge on any atom is 0.262 e. The molecular formula is C19H19N2O5SY-. The fourth-order valence-electron chi connectivity index (χ4n) is 3.77. The molecule has 2 heterocycles. The zero-order chi connectivity index (χ0) is 19.0. The van der Waals surface area contributed by atoms with Crippen molar-refractivity contribution in [2.24, 2.45) is 0 Å². The zero-order valence-corrected chi connectivity index (χ0v) is 18.8. The van der Waals surface area contributed by atoms with E-state index in [2.05, 4.69) is 11.1 Å². The standard InChI is InChI=1S/C19H19N2O5S.Y/c1-20-17-12-27(23,24)21(18(17)11-25-10-15-3-2-8-26-15)14-5-6-16-13(9-14)4-7-19(16)22;/h2-3,5-6,9,17-19,22H,4,7,10-12H2;/q-1;. The van der Waals surface area contributed by atoms with Crippen LogP contribution in [0.25, 0.3) is 4.85 Å². The summed E-state index contributed by atoms with van der Waals surface area (Å²) in [6.45, 7) is 7.68. The van der Waals surface area contributed by atoms with Crippen molar-refractivity contribution < 1.29 is 55.4 Å². The first-order chi connectivity index (χ1) is 13.0. The molecule has 145 valence electrons. The van der Waals surface area contributed by atoms with Gasteiger partial charge in [0.15, 0.2) is 0 Å². The maximum absolute atomic E-state index is 12.8. The largest absolute Gasteiger partial charge is 0.593 e. The minimum atomic E-state index is -3.62. The van der Waals surface area contributed by atoms with Crippen LogP contribution in [0.5, 0.6) is 0 Å². The molecule has 4 rings (SSSR count). The fraction of sp³-hybridized carbons (Fsp3) is 0.421. The van der Waals surface area contributed by atoms with E-state index < -0.39 is 28.2 Å². The third-order valence-electron chi connectivity index (χ3n) is 5.08. The summed E-state index contributed by atoms with van der Waals surface area (Å²) in [5.41, 5.74) is 2.32. The molecule has 1 aliphatic carbocycles. The number of ether oxygens (including phenoxy) is 1. The van der Waals surface area contributed by atoms with Crippen LogP contribution < -0.4 is 4.31 Å². The molecule has 1 aliphatic heterocycles. The Balaban J connectivity index is 0.00000225. The molecule has 3 atom stereocenters. The second-order valence-electron chi connectivity index (χ2n) is 6.81. The van der Waals surface area contributed by atoms with Gasteiger partial charge in [0.25, 0.3) is 6.04 Å². The number of nitrogens with zero attached hydrogens (tertiary/aromatic N) is 2. The van der Waals surface area contributed by atoms with Gasteiger partial charge in [-0.2, -0.15) is 6.07 Å². The third-order valence-corrected chi connectivity index (χ3v) is 6.92. The van der Waals surface area contributed by atoms with Gasteiger partial charge in [0, 0.05) is 39.3 Å². The molecule has 2 aliphatic rings. The number of aliphatic hydroxyl groups excluding tert-OH is 1. The molecule has 0 amide bonds. The minimum absolute atomic E-state index is 0. The Morgan fingerprint density at radius 2 is 2.21 bits per heavy atom. The quantitative estimate of drug-likeness (QED) is 0.669. The summed E-state index contributed by atoms with van der Waals surface area (Å²) in [6, 6.07) is 7.34. The number of benzene rings is 1. The van der Waals surface area contributed by atoms with Crippen molar-refractivity contribution in [2.45, 2.75) is 37.6 Å². The third kappa shape index (κ3) is 4.05. The number of anilines is 1. The molecule has 1 saturated heterocycles. The van der Waals surface area contributed by atoms with Gasteiger partial charge in [-0.1, -0.05) is 6.07 Å².